The van der Waals surface area contributed by atoms with Gasteiger partial charge in [0.1, 0.15) is 6.10 Å². The molecule has 1 aromatic rings. The third kappa shape index (κ3) is 3.25. The lowest BCUT2D eigenvalue weighted by molar-refractivity contribution is 0.0863. The fraction of sp³-hybridized carbons (Fsp3) is 0.588. The van der Waals surface area contributed by atoms with Gasteiger partial charge in [-0.25, -0.2) is 0 Å². The monoisotopic (exact) mass is 273 g/mol. The number of nitriles is 1. The summed E-state index contributed by atoms with van der Waals surface area (Å²) < 4.78 is 11.5. The molecule has 2 rings (SSSR count). The first-order valence-electron chi connectivity index (χ1n) is 7.38. The van der Waals surface area contributed by atoms with Gasteiger partial charge in [-0.3, -0.25) is 0 Å². The van der Waals surface area contributed by atoms with E-state index in [9.17, 15) is 5.26 Å². The summed E-state index contributed by atoms with van der Waals surface area (Å²) in [6, 6.07) is 8.33. The van der Waals surface area contributed by atoms with E-state index in [1.807, 2.05) is 25.1 Å². The molecule has 3 heteroatoms. The van der Waals surface area contributed by atoms with Gasteiger partial charge in [0.05, 0.1) is 19.1 Å². The first kappa shape index (κ1) is 14.7. The molecule has 1 saturated carbocycles. The second kappa shape index (κ2) is 6.65. The van der Waals surface area contributed by atoms with Crippen LogP contribution in [-0.4, -0.2) is 13.2 Å². The van der Waals surface area contributed by atoms with E-state index in [0.717, 1.165) is 42.7 Å². The molecule has 1 aliphatic carbocycles. The van der Waals surface area contributed by atoms with Crippen LogP contribution in [0.5, 0.6) is 11.5 Å². The van der Waals surface area contributed by atoms with Gasteiger partial charge in [-0.2, -0.15) is 5.26 Å². The average Bonchev–Trinajstić information content (AvgIpc) is 2.48. The molecule has 20 heavy (non-hydrogen) atoms. The van der Waals surface area contributed by atoms with Crippen molar-refractivity contribution < 1.29 is 9.47 Å². The van der Waals surface area contributed by atoms with Crippen molar-refractivity contribution in [2.75, 3.05) is 7.11 Å². The first-order chi connectivity index (χ1) is 9.67. The molecule has 0 aromatic heterocycles. The molecule has 0 radical (unpaired) electrons. The molecule has 1 fully saturated rings. The predicted octanol–water partition coefficient (Wildman–Crippen LogP) is 4.10. The average molecular weight is 273 g/mol. The summed E-state index contributed by atoms with van der Waals surface area (Å²) >= 11 is 0. The lowest BCUT2D eigenvalue weighted by atomic mass is 9.79. The number of hydrogen-bond donors (Lipinski definition) is 0. The van der Waals surface area contributed by atoms with Gasteiger partial charge >= 0.3 is 0 Å². The Hall–Kier alpha value is -1.69. The number of aryl methyl sites for hydroxylation is 1. The third-order valence-corrected chi connectivity index (χ3v) is 4.24. The number of methoxy groups -OCH3 is 1. The van der Waals surface area contributed by atoms with Gasteiger partial charge in [0.15, 0.2) is 11.5 Å². The molecule has 108 valence electrons. The molecule has 0 bridgehead atoms. The van der Waals surface area contributed by atoms with E-state index in [4.69, 9.17) is 9.47 Å². The van der Waals surface area contributed by atoms with Crippen LogP contribution in [-0.2, 0) is 0 Å². The lowest BCUT2D eigenvalue weighted by Crippen LogP contribution is -2.33. The molecule has 0 heterocycles. The molecule has 0 aliphatic heterocycles. The fourth-order valence-corrected chi connectivity index (χ4v) is 2.90. The summed E-state index contributed by atoms with van der Waals surface area (Å²) in [7, 11) is 1.65. The maximum atomic E-state index is 9.31. The number of rotatable bonds is 4. The number of ether oxygens (including phenoxy) is 2. The van der Waals surface area contributed by atoms with Gasteiger partial charge in [0.25, 0.3) is 0 Å². The van der Waals surface area contributed by atoms with Crippen LogP contribution in [0.1, 0.15) is 38.2 Å². The van der Waals surface area contributed by atoms with Crippen molar-refractivity contribution in [3.05, 3.63) is 23.8 Å². The predicted molar refractivity (Wildman–Crippen MR) is 78.9 cm³/mol. The summed E-state index contributed by atoms with van der Waals surface area (Å²) in [4.78, 5) is 0. The molecule has 1 aromatic carbocycles. The molecule has 3 unspecified atom stereocenters. The van der Waals surface area contributed by atoms with Crippen LogP contribution in [0, 0.1) is 30.1 Å². The Morgan fingerprint density at radius 3 is 2.75 bits per heavy atom. The Balaban J connectivity index is 2.16. The van der Waals surface area contributed by atoms with E-state index < -0.39 is 0 Å². The smallest absolute Gasteiger partial charge is 0.161 e. The molecule has 3 atom stereocenters. The van der Waals surface area contributed by atoms with Crippen molar-refractivity contribution in [3.8, 4) is 17.6 Å². The molecule has 0 N–H and O–H groups in total. The largest absolute Gasteiger partial charge is 0.493 e. The highest BCUT2D eigenvalue weighted by molar-refractivity contribution is 5.42. The van der Waals surface area contributed by atoms with Crippen LogP contribution in [0.3, 0.4) is 0 Å². The number of benzene rings is 1. The molecular formula is C17H23NO2. The Morgan fingerprint density at radius 1 is 1.30 bits per heavy atom. The SMILES string of the molecule is CCC1CCC(C#N)C(Oc2ccc(C)cc2OC)C1. The number of hydrogen-bond acceptors (Lipinski definition) is 3. The number of nitrogens with zero attached hydrogens (tertiary/aromatic N) is 1. The minimum Gasteiger partial charge on any atom is -0.493 e. The second-order valence-corrected chi connectivity index (χ2v) is 5.63. The zero-order valence-electron chi connectivity index (χ0n) is 12.6. The first-order valence-corrected chi connectivity index (χ1v) is 7.38. The highest BCUT2D eigenvalue weighted by Gasteiger charge is 2.31. The summed E-state index contributed by atoms with van der Waals surface area (Å²) in [6.45, 7) is 4.24. The van der Waals surface area contributed by atoms with Crippen LogP contribution >= 0.6 is 0 Å². The van der Waals surface area contributed by atoms with Crippen LogP contribution in [0.2, 0.25) is 0 Å². The van der Waals surface area contributed by atoms with Crippen LogP contribution < -0.4 is 9.47 Å². The summed E-state index contributed by atoms with van der Waals surface area (Å²) in [6.07, 6.45) is 4.18. The summed E-state index contributed by atoms with van der Waals surface area (Å²) in [5.41, 5.74) is 1.14. The van der Waals surface area contributed by atoms with Crippen molar-refractivity contribution in [1.29, 1.82) is 5.26 Å². The Bertz CT molecular complexity index is 492. The van der Waals surface area contributed by atoms with E-state index in [-0.39, 0.29) is 12.0 Å². The topological polar surface area (TPSA) is 42.2 Å². The molecular weight excluding hydrogens is 250 g/mol. The third-order valence-electron chi connectivity index (χ3n) is 4.24. The van der Waals surface area contributed by atoms with E-state index in [2.05, 4.69) is 13.0 Å². The van der Waals surface area contributed by atoms with E-state index >= 15 is 0 Å². The van der Waals surface area contributed by atoms with Crippen molar-refractivity contribution in [2.45, 2.75) is 45.6 Å². The highest BCUT2D eigenvalue weighted by Crippen LogP contribution is 2.36. The lowest BCUT2D eigenvalue weighted by Gasteiger charge is -2.32. The minimum atomic E-state index is -0.0182. The minimum absolute atomic E-state index is 0.0104. The van der Waals surface area contributed by atoms with Gasteiger partial charge in [-0.15, -0.1) is 0 Å². The van der Waals surface area contributed by atoms with Crippen LogP contribution in [0.25, 0.3) is 0 Å². The summed E-state index contributed by atoms with van der Waals surface area (Å²) in [5.74, 6) is 2.16. The van der Waals surface area contributed by atoms with Crippen molar-refractivity contribution in [2.24, 2.45) is 11.8 Å². The maximum absolute atomic E-state index is 9.31. The molecule has 0 spiro atoms. The van der Waals surface area contributed by atoms with Gasteiger partial charge in [-0.1, -0.05) is 19.4 Å². The van der Waals surface area contributed by atoms with Crippen molar-refractivity contribution in [1.82, 2.24) is 0 Å². The van der Waals surface area contributed by atoms with E-state index in [0.29, 0.717) is 5.92 Å². The second-order valence-electron chi connectivity index (χ2n) is 5.63. The van der Waals surface area contributed by atoms with E-state index in [1.54, 1.807) is 7.11 Å². The highest BCUT2D eigenvalue weighted by atomic mass is 16.5. The van der Waals surface area contributed by atoms with E-state index in [1.165, 1.54) is 0 Å². The zero-order chi connectivity index (χ0) is 14.5. The summed E-state index contributed by atoms with van der Waals surface area (Å²) in [5, 5.41) is 9.31. The normalized spacial score (nSPS) is 25.8. The molecule has 0 amide bonds. The molecule has 1 aliphatic rings. The van der Waals surface area contributed by atoms with Crippen molar-refractivity contribution >= 4 is 0 Å². The van der Waals surface area contributed by atoms with Gasteiger partial charge in [0, 0.05) is 0 Å². The standard InChI is InChI=1S/C17H23NO2/c1-4-13-6-7-14(11-18)16(10-13)20-15-8-5-12(2)9-17(15)19-3/h5,8-9,13-14,16H,4,6-7,10H2,1-3H3. The van der Waals surface area contributed by atoms with Gasteiger partial charge < -0.3 is 9.47 Å². The Kier molecular flexibility index (Phi) is 4.89. The van der Waals surface area contributed by atoms with Gasteiger partial charge in [0.2, 0.25) is 0 Å². The zero-order valence-corrected chi connectivity index (χ0v) is 12.6. The Labute approximate surface area is 121 Å². The molecule has 0 saturated heterocycles. The quantitative estimate of drug-likeness (QED) is 0.829. The van der Waals surface area contributed by atoms with Crippen LogP contribution in [0.4, 0.5) is 0 Å². The van der Waals surface area contributed by atoms with Gasteiger partial charge in [-0.05, 0) is 49.8 Å². The van der Waals surface area contributed by atoms with Crippen molar-refractivity contribution in [3.63, 3.8) is 0 Å². The Morgan fingerprint density at radius 2 is 2.10 bits per heavy atom. The fourth-order valence-electron chi connectivity index (χ4n) is 2.90. The van der Waals surface area contributed by atoms with Crippen LogP contribution in [0.15, 0.2) is 18.2 Å². The molecule has 3 nitrogen and oxygen atoms in total. The maximum Gasteiger partial charge on any atom is 0.161 e.